The predicted molar refractivity (Wildman–Crippen MR) is 96.5 cm³/mol. The van der Waals surface area contributed by atoms with Gasteiger partial charge in [-0.2, -0.15) is 0 Å². The van der Waals surface area contributed by atoms with Crippen molar-refractivity contribution in [1.82, 2.24) is 0 Å². The molecule has 0 spiro atoms. The highest BCUT2D eigenvalue weighted by Crippen LogP contribution is 2.22. The summed E-state index contributed by atoms with van der Waals surface area (Å²) in [5.74, 6) is 0. The maximum Gasteiger partial charge on any atom is 0.206 e. The van der Waals surface area contributed by atoms with Gasteiger partial charge in [-0.15, -0.1) is 0 Å². The molecule has 3 N–H and O–H groups in total. The van der Waals surface area contributed by atoms with Crippen LogP contribution in [0.3, 0.4) is 0 Å². The number of para-hydroxylation sites is 1. The molecule has 0 fully saturated rings. The highest BCUT2D eigenvalue weighted by molar-refractivity contribution is 7.91. The molecule has 24 heavy (non-hydrogen) atoms. The Kier molecular flexibility index (Phi) is 4.53. The van der Waals surface area contributed by atoms with Crippen molar-refractivity contribution in [2.75, 3.05) is 11.1 Å². The van der Waals surface area contributed by atoms with Crippen LogP contribution in [0.25, 0.3) is 0 Å². The minimum atomic E-state index is -3.48. The minimum Gasteiger partial charge on any atom is -0.398 e. The third-order valence-corrected chi connectivity index (χ3v) is 5.54. The topological polar surface area (TPSA) is 72.2 Å². The second-order valence-electron chi connectivity index (χ2n) is 5.39. The van der Waals surface area contributed by atoms with Gasteiger partial charge in [0.2, 0.25) is 9.84 Å². The fourth-order valence-electron chi connectivity index (χ4n) is 2.38. The van der Waals surface area contributed by atoms with Crippen molar-refractivity contribution in [2.24, 2.45) is 0 Å². The van der Waals surface area contributed by atoms with Gasteiger partial charge in [-0.1, -0.05) is 36.4 Å². The second kappa shape index (κ2) is 6.76. The first-order valence-corrected chi connectivity index (χ1v) is 9.03. The standard InChI is InChI=1S/C19H18N2O2S/c20-19-9-5-4-6-15(19)14-21-16-10-12-18(13-11-16)24(22,23)17-7-2-1-3-8-17/h1-13,21H,14,20H2. The van der Waals surface area contributed by atoms with E-state index in [1.807, 2.05) is 24.3 Å². The van der Waals surface area contributed by atoms with Gasteiger partial charge in [-0.3, -0.25) is 0 Å². The van der Waals surface area contributed by atoms with Crippen LogP contribution in [-0.2, 0) is 16.4 Å². The molecule has 0 aliphatic rings. The molecule has 5 heteroatoms. The summed E-state index contributed by atoms with van der Waals surface area (Å²) in [6.45, 7) is 0.581. The Morgan fingerprint density at radius 2 is 1.33 bits per heavy atom. The van der Waals surface area contributed by atoms with Gasteiger partial charge >= 0.3 is 0 Å². The average molecular weight is 338 g/mol. The largest absolute Gasteiger partial charge is 0.398 e. The van der Waals surface area contributed by atoms with E-state index in [0.29, 0.717) is 11.4 Å². The molecule has 0 aromatic heterocycles. The van der Waals surface area contributed by atoms with Gasteiger partial charge in [0.1, 0.15) is 0 Å². The van der Waals surface area contributed by atoms with Crippen molar-refractivity contribution in [2.45, 2.75) is 16.3 Å². The number of hydrogen-bond donors (Lipinski definition) is 2. The van der Waals surface area contributed by atoms with Crippen LogP contribution in [0, 0.1) is 0 Å². The highest BCUT2D eigenvalue weighted by atomic mass is 32.2. The second-order valence-corrected chi connectivity index (χ2v) is 7.34. The summed E-state index contributed by atoms with van der Waals surface area (Å²) in [5.41, 5.74) is 8.48. The van der Waals surface area contributed by atoms with E-state index in [4.69, 9.17) is 5.73 Å². The van der Waals surface area contributed by atoms with E-state index in [2.05, 4.69) is 5.32 Å². The zero-order chi connectivity index (χ0) is 17.0. The molecular formula is C19H18N2O2S. The van der Waals surface area contributed by atoms with Crippen molar-refractivity contribution in [3.8, 4) is 0 Å². The quantitative estimate of drug-likeness (QED) is 0.696. The van der Waals surface area contributed by atoms with Gasteiger partial charge in [0.05, 0.1) is 9.79 Å². The fraction of sp³-hybridized carbons (Fsp3) is 0.0526. The van der Waals surface area contributed by atoms with E-state index in [1.165, 1.54) is 0 Å². The molecule has 0 bridgehead atoms. The molecule has 122 valence electrons. The van der Waals surface area contributed by atoms with E-state index in [0.717, 1.165) is 16.9 Å². The van der Waals surface area contributed by atoms with Crippen molar-refractivity contribution in [3.63, 3.8) is 0 Å². The van der Waals surface area contributed by atoms with Gasteiger partial charge in [0.25, 0.3) is 0 Å². The molecule has 0 atom stereocenters. The number of hydrogen-bond acceptors (Lipinski definition) is 4. The van der Waals surface area contributed by atoms with Crippen LogP contribution < -0.4 is 11.1 Å². The number of sulfone groups is 1. The molecule has 0 radical (unpaired) electrons. The third kappa shape index (κ3) is 3.41. The molecule has 0 unspecified atom stereocenters. The predicted octanol–water partition coefficient (Wildman–Crippen LogP) is 3.71. The third-order valence-electron chi connectivity index (χ3n) is 3.76. The van der Waals surface area contributed by atoms with Crippen molar-refractivity contribution in [3.05, 3.63) is 84.4 Å². The molecule has 3 aromatic rings. The Bertz CT molecular complexity index is 921. The van der Waals surface area contributed by atoms with Gasteiger partial charge < -0.3 is 11.1 Å². The first kappa shape index (κ1) is 16.1. The highest BCUT2D eigenvalue weighted by Gasteiger charge is 2.16. The molecule has 0 saturated carbocycles. The zero-order valence-electron chi connectivity index (χ0n) is 13.0. The number of rotatable bonds is 5. The maximum absolute atomic E-state index is 12.5. The molecule has 0 aliphatic heterocycles. The molecule has 0 saturated heterocycles. The van der Waals surface area contributed by atoms with Crippen LogP contribution in [-0.4, -0.2) is 8.42 Å². The fourth-order valence-corrected chi connectivity index (χ4v) is 3.66. The van der Waals surface area contributed by atoms with Crippen LogP contribution in [0.15, 0.2) is 88.7 Å². The number of anilines is 2. The smallest absolute Gasteiger partial charge is 0.206 e. The summed E-state index contributed by atoms with van der Waals surface area (Å²) in [7, 11) is -3.48. The monoisotopic (exact) mass is 338 g/mol. The summed E-state index contributed by atoms with van der Waals surface area (Å²) in [4.78, 5) is 0.571. The summed E-state index contributed by atoms with van der Waals surface area (Å²) in [6.07, 6.45) is 0. The van der Waals surface area contributed by atoms with E-state index >= 15 is 0 Å². The van der Waals surface area contributed by atoms with E-state index in [9.17, 15) is 8.42 Å². The average Bonchev–Trinajstić information content (AvgIpc) is 2.62. The van der Waals surface area contributed by atoms with Crippen LogP contribution in [0.1, 0.15) is 5.56 Å². The van der Waals surface area contributed by atoms with Gasteiger partial charge in [-0.05, 0) is 48.0 Å². The summed E-state index contributed by atoms with van der Waals surface area (Å²) >= 11 is 0. The molecule has 4 nitrogen and oxygen atoms in total. The number of nitrogens with one attached hydrogen (secondary N) is 1. The van der Waals surface area contributed by atoms with Crippen LogP contribution in [0.2, 0.25) is 0 Å². The van der Waals surface area contributed by atoms with Crippen LogP contribution in [0.4, 0.5) is 11.4 Å². The van der Waals surface area contributed by atoms with Crippen LogP contribution in [0.5, 0.6) is 0 Å². The first-order valence-electron chi connectivity index (χ1n) is 7.55. The van der Waals surface area contributed by atoms with E-state index in [-0.39, 0.29) is 4.90 Å². The van der Waals surface area contributed by atoms with Crippen molar-refractivity contribution in [1.29, 1.82) is 0 Å². The molecule has 3 rings (SSSR count). The molecule has 0 amide bonds. The zero-order valence-corrected chi connectivity index (χ0v) is 13.8. The van der Waals surface area contributed by atoms with Crippen LogP contribution >= 0.6 is 0 Å². The number of nitrogens with two attached hydrogens (primary N) is 1. The van der Waals surface area contributed by atoms with Gasteiger partial charge in [-0.25, -0.2) is 8.42 Å². The maximum atomic E-state index is 12.5. The lowest BCUT2D eigenvalue weighted by Crippen LogP contribution is -2.04. The van der Waals surface area contributed by atoms with Gasteiger partial charge in [0, 0.05) is 17.9 Å². The molecule has 0 aliphatic carbocycles. The summed E-state index contributed by atoms with van der Waals surface area (Å²) in [5, 5.41) is 3.25. The lowest BCUT2D eigenvalue weighted by Gasteiger charge is -2.10. The summed E-state index contributed by atoms with van der Waals surface area (Å²) in [6, 6.07) is 22.8. The normalized spacial score (nSPS) is 11.2. The molecular weight excluding hydrogens is 320 g/mol. The summed E-state index contributed by atoms with van der Waals surface area (Å²) < 4.78 is 25.1. The number of nitrogen functional groups attached to an aromatic ring is 1. The molecule has 0 heterocycles. The van der Waals surface area contributed by atoms with Gasteiger partial charge in [0.15, 0.2) is 0 Å². The SMILES string of the molecule is Nc1ccccc1CNc1ccc(S(=O)(=O)c2ccccc2)cc1. The van der Waals surface area contributed by atoms with Crippen molar-refractivity contribution >= 4 is 21.2 Å². The Morgan fingerprint density at radius 3 is 2.00 bits per heavy atom. The molecule has 3 aromatic carbocycles. The Balaban J connectivity index is 1.75. The Hall–Kier alpha value is -2.79. The first-order chi connectivity index (χ1) is 11.6. The number of benzene rings is 3. The van der Waals surface area contributed by atoms with E-state index in [1.54, 1.807) is 54.6 Å². The lowest BCUT2D eigenvalue weighted by atomic mass is 10.2. The lowest BCUT2D eigenvalue weighted by molar-refractivity contribution is 0.596. The Morgan fingerprint density at radius 1 is 0.750 bits per heavy atom. The van der Waals surface area contributed by atoms with E-state index < -0.39 is 9.84 Å². The minimum absolute atomic E-state index is 0.276. The van der Waals surface area contributed by atoms with Crippen molar-refractivity contribution < 1.29 is 8.42 Å². The Labute approximate surface area is 141 Å².